The maximum absolute atomic E-state index is 12.7. The highest BCUT2D eigenvalue weighted by molar-refractivity contribution is 5.95. The summed E-state index contributed by atoms with van der Waals surface area (Å²) in [4.78, 5) is 33.2. The van der Waals surface area contributed by atoms with Crippen molar-refractivity contribution in [1.82, 2.24) is 10.9 Å². The van der Waals surface area contributed by atoms with E-state index in [4.69, 9.17) is 4.74 Å². The quantitative estimate of drug-likeness (QED) is 0.637. The van der Waals surface area contributed by atoms with Gasteiger partial charge in [0.2, 0.25) is 0 Å². The lowest BCUT2D eigenvalue weighted by atomic mass is 10.2. The van der Waals surface area contributed by atoms with Gasteiger partial charge in [-0.3, -0.25) is 30.6 Å². The molecule has 2 amide bonds. The summed E-state index contributed by atoms with van der Waals surface area (Å²) in [7, 11) is 0. The Hall–Kier alpha value is -3.49. The zero-order valence-corrected chi connectivity index (χ0v) is 12.2. The predicted molar refractivity (Wildman–Crippen MR) is 80.6 cm³/mol. The number of hydrogen-bond donors (Lipinski definition) is 2. The Balaban J connectivity index is 1.79. The van der Waals surface area contributed by atoms with Gasteiger partial charge in [0.15, 0.2) is 6.61 Å². The summed E-state index contributed by atoms with van der Waals surface area (Å²) in [6, 6.07) is 9.95. The molecule has 2 N–H and O–H groups in total. The van der Waals surface area contributed by atoms with E-state index >= 15 is 0 Å². The van der Waals surface area contributed by atoms with Crippen molar-refractivity contribution in [3.63, 3.8) is 0 Å². The number of rotatable bonds is 5. The van der Waals surface area contributed by atoms with E-state index in [0.29, 0.717) is 5.75 Å². The molecule has 8 nitrogen and oxygen atoms in total. The first kappa shape index (κ1) is 16.9. The molecule has 24 heavy (non-hydrogen) atoms. The van der Waals surface area contributed by atoms with E-state index in [1.54, 1.807) is 0 Å². The number of carbonyl (C=O) groups is 2. The van der Waals surface area contributed by atoms with E-state index in [1.165, 1.54) is 48.5 Å². The van der Waals surface area contributed by atoms with Crippen molar-refractivity contribution < 1.29 is 23.6 Å². The van der Waals surface area contributed by atoms with Crippen LogP contribution in [0.15, 0.2) is 48.5 Å². The van der Waals surface area contributed by atoms with Crippen LogP contribution < -0.4 is 15.6 Å². The molecule has 0 fully saturated rings. The van der Waals surface area contributed by atoms with Crippen molar-refractivity contribution >= 4 is 17.5 Å². The third kappa shape index (κ3) is 4.77. The SMILES string of the molecule is O=C(COc1ccc(F)cc1)NNC(=O)c1ccc([N+](=O)[O-])cc1. The molecule has 0 aliphatic rings. The van der Waals surface area contributed by atoms with Crippen LogP contribution in [-0.4, -0.2) is 23.3 Å². The van der Waals surface area contributed by atoms with Crippen LogP contribution in [0, 0.1) is 15.9 Å². The van der Waals surface area contributed by atoms with Crippen molar-refractivity contribution in [3.8, 4) is 5.75 Å². The highest BCUT2D eigenvalue weighted by atomic mass is 19.1. The monoisotopic (exact) mass is 333 g/mol. The highest BCUT2D eigenvalue weighted by Crippen LogP contribution is 2.12. The van der Waals surface area contributed by atoms with Crippen LogP contribution in [-0.2, 0) is 4.79 Å². The molecular formula is C15H12FN3O5. The molecule has 0 atom stereocenters. The molecule has 2 aromatic rings. The van der Waals surface area contributed by atoms with Crippen molar-refractivity contribution in [3.05, 3.63) is 70.0 Å². The van der Waals surface area contributed by atoms with E-state index in [2.05, 4.69) is 10.9 Å². The van der Waals surface area contributed by atoms with Gasteiger partial charge < -0.3 is 4.74 Å². The summed E-state index contributed by atoms with van der Waals surface area (Å²) in [5.74, 6) is -1.40. The van der Waals surface area contributed by atoms with Crippen LogP contribution >= 0.6 is 0 Å². The number of nitro benzene ring substituents is 1. The van der Waals surface area contributed by atoms with Crippen molar-refractivity contribution in [2.45, 2.75) is 0 Å². The third-order valence-electron chi connectivity index (χ3n) is 2.84. The minimum Gasteiger partial charge on any atom is -0.484 e. The lowest BCUT2D eigenvalue weighted by Gasteiger charge is -2.08. The Kier molecular flexibility index (Phi) is 5.40. The first-order valence-electron chi connectivity index (χ1n) is 6.68. The zero-order valence-electron chi connectivity index (χ0n) is 12.2. The van der Waals surface area contributed by atoms with Crippen LogP contribution in [0.3, 0.4) is 0 Å². The summed E-state index contributed by atoms with van der Waals surface area (Å²) in [6.07, 6.45) is 0. The van der Waals surface area contributed by atoms with E-state index in [-0.39, 0.29) is 17.9 Å². The van der Waals surface area contributed by atoms with Gasteiger partial charge in [0, 0.05) is 17.7 Å². The second kappa shape index (κ2) is 7.68. The van der Waals surface area contributed by atoms with Gasteiger partial charge in [-0.1, -0.05) is 0 Å². The first-order chi connectivity index (χ1) is 11.5. The predicted octanol–water partition coefficient (Wildman–Crippen LogP) is 1.57. The molecule has 0 aliphatic heterocycles. The van der Waals surface area contributed by atoms with Crippen molar-refractivity contribution in [2.75, 3.05) is 6.61 Å². The van der Waals surface area contributed by atoms with E-state index in [1.807, 2.05) is 0 Å². The molecule has 0 radical (unpaired) electrons. The van der Waals surface area contributed by atoms with Gasteiger partial charge in [-0.25, -0.2) is 4.39 Å². The van der Waals surface area contributed by atoms with Gasteiger partial charge in [-0.05, 0) is 36.4 Å². The van der Waals surface area contributed by atoms with Gasteiger partial charge in [-0.15, -0.1) is 0 Å². The summed E-state index contributed by atoms with van der Waals surface area (Å²) in [5, 5.41) is 10.5. The molecule has 0 unspecified atom stereocenters. The van der Waals surface area contributed by atoms with Crippen molar-refractivity contribution in [2.24, 2.45) is 0 Å². The van der Waals surface area contributed by atoms with Crippen LogP contribution in [0.25, 0.3) is 0 Å². The van der Waals surface area contributed by atoms with E-state index < -0.39 is 22.6 Å². The van der Waals surface area contributed by atoms with Crippen LogP contribution in [0.2, 0.25) is 0 Å². The number of nitrogens with one attached hydrogen (secondary N) is 2. The maximum atomic E-state index is 12.7. The standard InChI is InChI=1S/C15H12FN3O5/c16-11-3-7-13(8-4-11)24-9-14(20)17-18-15(21)10-1-5-12(6-2-10)19(22)23/h1-8H,9H2,(H,17,20)(H,18,21). The number of halogens is 1. The maximum Gasteiger partial charge on any atom is 0.276 e. The summed E-state index contributed by atoms with van der Waals surface area (Å²) in [5.41, 5.74) is 4.26. The average molecular weight is 333 g/mol. The molecule has 0 aromatic heterocycles. The smallest absolute Gasteiger partial charge is 0.276 e. The lowest BCUT2D eigenvalue weighted by molar-refractivity contribution is -0.384. The fraction of sp³-hybridized carbons (Fsp3) is 0.0667. The molecule has 0 bridgehead atoms. The van der Waals surface area contributed by atoms with Gasteiger partial charge in [0.05, 0.1) is 4.92 Å². The first-order valence-corrected chi connectivity index (χ1v) is 6.68. The number of ether oxygens (including phenoxy) is 1. The number of hydrazine groups is 1. The fourth-order valence-corrected chi connectivity index (χ4v) is 1.65. The minimum atomic E-state index is -0.639. The zero-order chi connectivity index (χ0) is 17.5. The van der Waals surface area contributed by atoms with E-state index in [9.17, 15) is 24.1 Å². The largest absolute Gasteiger partial charge is 0.484 e. The minimum absolute atomic E-state index is 0.139. The normalized spacial score (nSPS) is 9.88. The van der Waals surface area contributed by atoms with E-state index in [0.717, 1.165) is 0 Å². The molecule has 9 heteroatoms. The number of nitro groups is 1. The number of nitrogens with zero attached hydrogens (tertiary/aromatic N) is 1. The Morgan fingerprint density at radius 3 is 2.25 bits per heavy atom. The van der Waals surface area contributed by atoms with Gasteiger partial charge in [0.25, 0.3) is 17.5 Å². The molecule has 0 spiro atoms. The fourth-order valence-electron chi connectivity index (χ4n) is 1.65. The molecule has 0 saturated heterocycles. The summed E-state index contributed by atoms with van der Waals surface area (Å²) >= 11 is 0. The molecule has 2 rings (SSSR count). The topological polar surface area (TPSA) is 111 Å². The van der Waals surface area contributed by atoms with Gasteiger partial charge >= 0.3 is 0 Å². The molecule has 0 saturated carbocycles. The third-order valence-corrected chi connectivity index (χ3v) is 2.84. The number of non-ortho nitro benzene ring substituents is 1. The van der Waals surface area contributed by atoms with Gasteiger partial charge in [-0.2, -0.15) is 0 Å². The molecule has 124 valence electrons. The Labute approximate surface area is 135 Å². The second-order valence-electron chi connectivity index (χ2n) is 4.55. The molecular weight excluding hydrogens is 321 g/mol. The molecule has 0 aliphatic carbocycles. The van der Waals surface area contributed by atoms with Crippen LogP contribution in [0.1, 0.15) is 10.4 Å². The Morgan fingerprint density at radius 1 is 1.04 bits per heavy atom. The van der Waals surface area contributed by atoms with Gasteiger partial charge in [0.1, 0.15) is 11.6 Å². The molecule has 0 heterocycles. The Bertz CT molecular complexity index is 747. The summed E-state index contributed by atoms with van der Waals surface area (Å²) in [6.45, 7) is -0.383. The lowest BCUT2D eigenvalue weighted by Crippen LogP contribution is -2.43. The second-order valence-corrected chi connectivity index (χ2v) is 4.55. The number of amides is 2. The number of carbonyl (C=O) groups excluding carboxylic acids is 2. The Morgan fingerprint density at radius 2 is 1.67 bits per heavy atom. The highest BCUT2D eigenvalue weighted by Gasteiger charge is 2.10. The summed E-state index contributed by atoms with van der Waals surface area (Å²) < 4.78 is 17.8. The number of hydrogen-bond acceptors (Lipinski definition) is 5. The average Bonchev–Trinajstić information content (AvgIpc) is 2.59. The molecule has 2 aromatic carbocycles. The van der Waals surface area contributed by atoms with Crippen LogP contribution in [0.5, 0.6) is 5.75 Å². The van der Waals surface area contributed by atoms with Crippen molar-refractivity contribution in [1.29, 1.82) is 0 Å². The van der Waals surface area contributed by atoms with Crippen LogP contribution in [0.4, 0.5) is 10.1 Å². The number of benzene rings is 2.